The van der Waals surface area contributed by atoms with Crippen molar-refractivity contribution in [3.8, 4) is 5.75 Å². The lowest BCUT2D eigenvalue weighted by atomic mass is 10.2. The van der Waals surface area contributed by atoms with Crippen LogP contribution in [-0.4, -0.2) is 42.8 Å². The summed E-state index contributed by atoms with van der Waals surface area (Å²) < 4.78 is 11.1. The van der Waals surface area contributed by atoms with Gasteiger partial charge in [-0.15, -0.1) is 0 Å². The number of hydrogen-bond acceptors (Lipinski definition) is 4. The predicted octanol–water partition coefficient (Wildman–Crippen LogP) is 2.23. The number of carboxylic acid groups (broad SMARTS) is 1. The lowest BCUT2D eigenvalue weighted by Gasteiger charge is -2.11. The first-order chi connectivity index (χ1) is 11.1. The van der Waals surface area contributed by atoms with Gasteiger partial charge in [0.1, 0.15) is 12.4 Å². The molecule has 1 unspecified atom stereocenters. The first kappa shape index (κ1) is 17.3. The summed E-state index contributed by atoms with van der Waals surface area (Å²) in [7, 11) is 0. The standard InChI is InChI=1S/C17H23NO5/c19-16(20)5-1-2-10-18-17(21)13-6-8-14(9-7-13)23-12-15-4-3-11-22-15/h6-9,15H,1-5,10-12H2,(H,18,21)(H,19,20). The molecular weight excluding hydrogens is 298 g/mol. The van der Waals surface area contributed by atoms with Crippen LogP contribution in [-0.2, 0) is 9.53 Å². The highest BCUT2D eigenvalue weighted by molar-refractivity contribution is 5.94. The van der Waals surface area contributed by atoms with Crippen molar-refractivity contribution in [2.45, 2.75) is 38.2 Å². The normalized spacial score (nSPS) is 17.0. The van der Waals surface area contributed by atoms with Crippen LogP contribution in [0.3, 0.4) is 0 Å². The van der Waals surface area contributed by atoms with E-state index in [1.165, 1.54) is 0 Å². The van der Waals surface area contributed by atoms with E-state index in [1.54, 1.807) is 24.3 Å². The van der Waals surface area contributed by atoms with Crippen LogP contribution in [0.4, 0.5) is 0 Å². The largest absolute Gasteiger partial charge is 0.491 e. The summed E-state index contributed by atoms with van der Waals surface area (Å²) in [5.74, 6) is -0.251. The minimum Gasteiger partial charge on any atom is -0.491 e. The second-order valence-corrected chi connectivity index (χ2v) is 5.58. The molecule has 23 heavy (non-hydrogen) atoms. The molecule has 1 aromatic carbocycles. The van der Waals surface area contributed by atoms with Crippen LogP contribution < -0.4 is 10.1 Å². The molecule has 2 N–H and O–H groups in total. The molecule has 1 aliphatic rings. The molecule has 0 spiro atoms. The van der Waals surface area contributed by atoms with Crippen LogP contribution in [0.25, 0.3) is 0 Å². The van der Waals surface area contributed by atoms with Crippen molar-refractivity contribution in [2.24, 2.45) is 0 Å². The fraction of sp³-hybridized carbons (Fsp3) is 0.529. The zero-order valence-corrected chi connectivity index (χ0v) is 13.1. The van der Waals surface area contributed by atoms with Gasteiger partial charge < -0.3 is 19.9 Å². The van der Waals surface area contributed by atoms with E-state index in [0.29, 0.717) is 31.6 Å². The second-order valence-electron chi connectivity index (χ2n) is 5.58. The van der Waals surface area contributed by atoms with Gasteiger partial charge in [-0.05, 0) is 49.9 Å². The average Bonchev–Trinajstić information content (AvgIpc) is 3.06. The van der Waals surface area contributed by atoms with Crippen LogP contribution in [0.1, 0.15) is 42.5 Å². The Morgan fingerprint density at radius 1 is 1.26 bits per heavy atom. The molecule has 1 atom stereocenters. The number of benzene rings is 1. The molecule has 0 radical (unpaired) electrons. The van der Waals surface area contributed by atoms with Crippen LogP contribution in [0.2, 0.25) is 0 Å². The van der Waals surface area contributed by atoms with Crippen molar-refractivity contribution in [3.63, 3.8) is 0 Å². The Labute approximate surface area is 135 Å². The molecule has 0 saturated carbocycles. The number of rotatable bonds is 9. The highest BCUT2D eigenvalue weighted by Gasteiger charge is 2.16. The third kappa shape index (κ3) is 6.28. The zero-order chi connectivity index (χ0) is 16.5. The first-order valence-corrected chi connectivity index (χ1v) is 7.99. The molecule has 1 amide bonds. The third-order valence-electron chi connectivity index (χ3n) is 3.68. The molecule has 6 heteroatoms. The van der Waals surface area contributed by atoms with Gasteiger partial charge in [0.05, 0.1) is 6.10 Å². The molecule has 1 saturated heterocycles. The molecular formula is C17H23NO5. The SMILES string of the molecule is O=C(O)CCCCNC(=O)c1ccc(OCC2CCCO2)cc1. The van der Waals surface area contributed by atoms with E-state index in [0.717, 1.165) is 25.2 Å². The summed E-state index contributed by atoms with van der Waals surface area (Å²) in [5, 5.41) is 11.3. The molecule has 1 heterocycles. The lowest BCUT2D eigenvalue weighted by Crippen LogP contribution is -2.24. The average molecular weight is 321 g/mol. The van der Waals surface area contributed by atoms with Gasteiger partial charge in [0.25, 0.3) is 5.91 Å². The predicted molar refractivity (Wildman–Crippen MR) is 84.7 cm³/mol. The van der Waals surface area contributed by atoms with Gasteiger partial charge in [-0.25, -0.2) is 0 Å². The van der Waals surface area contributed by atoms with E-state index >= 15 is 0 Å². The number of ether oxygens (including phenoxy) is 2. The summed E-state index contributed by atoms with van der Waals surface area (Å²) in [6.07, 6.45) is 3.63. The van der Waals surface area contributed by atoms with E-state index in [4.69, 9.17) is 14.6 Å². The number of carboxylic acids is 1. The van der Waals surface area contributed by atoms with Crippen LogP contribution in [0.5, 0.6) is 5.75 Å². The maximum absolute atomic E-state index is 11.9. The fourth-order valence-corrected chi connectivity index (χ4v) is 2.37. The Morgan fingerprint density at radius 2 is 2.04 bits per heavy atom. The van der Waals surface area contributed by atoms with E-state index in [1.807, 2.05) is 0 Å². The van der Waals surface area contributed by atoms with E-state index in [2.05, 4.69) is 5.32 Å². The Balaban J connectivity index is 1.68. The fourth-order valence-electron chi connectivity index (χ4n) is 2.37. The number of carbonyl (C=O) groups is 2. The molecule has 1 fully saturated rings. The zero-order valence-electron chi connectivity index (χ0n) is 13.1. The van der Waals surface area contributed by atoms with Crippen molar-refractivity contribution >= 4 is 11.9 Å². The molecule has 126 valence electrons. The Kier molecular flexibility index (Phi) is 6.87. The van der Waals surface area contributed by atoms with Crippen molar-refractivity contribution in [1.29, 1.82) is 0 Å². The second kappa shape index (κ2) is 9.15. The molecule has 0 bridgehead atoms. The van der Waals surface area contributed by atoms with Gasteiger partial charge in [-0.1, -0.05) is 0 Å². The Hall–Kier alpha value is -2.08. The van der Waals surface area contributed by atoms with Crippen molar-refractivity contribution < 1.29 is 24.2 Å². The minimum atomic E-state index is -0.810. The maximum atomic E-state index is 11.9. The monoisotopic (exact) mass is 321 g/mol. The minimum absolute atomic E-state index is 0.132. The Morgan fingerprint density at radius 3 is 2.70 bits per heavy atom. The third-order valence-corrected chi connectivity index (χ3v) is 3.68. The number of hydrogen-bond donors (Lipinski definition) is 2. The van der Waals surface area contributed by atoms with E-state index in [9.17, 15) is 9.59 Å². The highest BCUT2D eigenvalue weighted by atomic mass is 16.5. The molecule has 2 rings (SSSR count). The summed E-state index contributed by atoms with van der Waals surface area (Å²) in [4.78, 5) is 22.3. The van der Waals surface area contributed by atoms with E-state index in [-0.39, 0.29) is 18.4 Å². The van der Waals surface area contributed by atoms with Crippen LogP contribution in [0, 0.1) is 0 Å². The first-order valence-electron chi connectivity index (χ1n) is 7.99. The van der Waals surface area contributed by atoms with E-state index < -0.39 is 5.97 Å². The number of aliphatic carboxylic acids is 1. The van der Waals surface area contributed by atoms with Crippen molar-refractivity contribution in [1.82, 2.24) is 5.32 Å². The topological polar surface area (TPSA) is 84.9 Å². The summed E-state index contributed by atoms with van der Waals surface area (Å²) in [5.41, 5.74) is 0.563. The van der Waals surface area contributed by atoms with Crippen molar-refractivity contribution in [3.05, 3.63) is 29.8 Å². The van der Waals surface area contributed by atoms with Crippen LogP contribution in [0.15, 0.2) is 24.3 Å². The van der Waals surface area contributed by atoms with Crippen molar-refractivity contribution in [2.75, 3.05) is 19.8 Å². The smallest absolute Gasteiger partial charge is 0.303 e. The van der Waals surface area contributed by atoms with Gasteiger partial charge >= 0.3 is 5.97 Å². The molecule has 6 nitrogen and oxygen atoms in total. The number of amides is 1. The maximum Gasteiger partial charge on any atom is 0.303 e. The summed E-state index contributed by atoms with van der Waals surface area (Å²) in [6, 6.07) is 6.98. The van der Waals surface area contributed by atoms with Gasteiger partial charge in [0, 0.05) is 25.1 Å². The molecule has 1 aliphatic heterocycles. The molecule has 1 aromatic rings. The highest BCUT2D eigenvalue weighted by Crippen LogP contribution is 2.16. The number of carbonyl (C=O) groups excluding carboxylic acids is 1. The summed E-state index contributed by atoms with van der Waals surface area (Å²) in [6.45, 7) is 1.82. The number of unbranched alkanes of at least 4 members (excludes halogenated alkanes) is 1. The lowest BCUT2D eigenvalue weighted by molar-refractivity contribution is -0.137. The van der Waals surface area contributed by atoms with Gasteiger partial charge in [0.2, 0.25) is 0 Å². The Bertz CT molecular complexity index is 508. The quantitative estimate of drug-likeness (QED) is 0.681. The molecule has 0 aliphatic carbocycles. The molecule has 0 aromatic heterocycles. The van der Waals surface area contributed by atoms with Crippen LogP contribution >= 0.6 is 0 Å². The van der Waals surface area contributed by atoms with Gasteiger partial charge in [-0.2, -0.15) is 0 Å². The van der Waals surface area contributed by atoms with Gasteiger partial charge in [-0.3, -0.25) is 9.59 Å². The van der Waals surface area contributed by atoms with Gasteiger partial charge in [0.15, 0.2) is 0 Å². The summed E-state index contributed by atoms with van der Waals surface area (Å²) >= 11 is 0. The number of nitrogens with one attached hydrogen (secondary N) is 1.